The molecule has 1 aromatic rings. The molecule has 0 radical (unpaired) electrons. The quantitative estimate of drug-likeness (QED) is 0.725. The van der Waals surface area contributed by atoms with Gasteiger partial charge in [0.1, 0.15) is 11.9 Å². The van der Waals surface area contributed by atoms with Crippen LogP contribution in [-0.4, -0.2) is 12.7 Å². The third kappa shape index (κ3) is 2.32. The predicted molar refractivity (Wildman–Crippen MR) is 69.6 cm³/mol. The molecule has 1 saturated heterocycles. The fraction of sp³-hybridized carbons (Fsp3) is 0.600. The molecule has 1 aliphatic heterocycles. The highest BCUT2D eigenvalue weighted by Gasteiger charge is 2.50. The largest absolute Gasteiger partial charge is 0.496 e. The van der Waals surface area contributed by atoms with Gasteiger partial charge in [-0.3, -0.25) is 0 Å². The Morgan fingerprint density at radius 3 is 2.24 bits per heavy atom. The monoisotopic (exact) mass is 234 g/mol. The Balaban J connectivity index is 2.42. The predicted octanol–water partition coefficient (Wildman–Crippen LogP) is 3.84. The normalized spacial score (nSPS) is 22.4. The standard InChI is InChI=1S/C15H22O2/c1-14(2,3)10-7-8-12(16-6)11(9-10)13-15(4,5)17-13/h7-9,13H,1-6H3. The molecular formula is C15H22O2. The molecule has 0 saturated carbocycles. The highest BCUT2D eigenvalue weighted by Crippen LogP contribution is 2.52. The molecule has 1 unspecified atom stereocenters. The van der Waals surface area contributed by atoms with Crippen LogP contribution >= 0.6 is 0 Å². The summed E-state index contributed by atoms with van der Waals surface area (Å²) in [6, 6.07) is 6.41. The van der Waals surface area contributed by atoms with Gasteiger partial charge < -0.3 is 9.47 Å². The van der Waals surface area contributed by atoms with Gasteiger partial charge in [0.2, 0.25) is 0 Å². The van der Waals surface area contributed by atoms with E-state index in [0.29, 0.717) is 0 Å². The molecule has 0 spiro atoms. The van der Waals surface area contributed by atoms with Gasteiger partial charge in [-0.25, -0.2) is 0 Å². The molecule has 2 nitrogen and oxygen atoms in total. The minimum absolute atomic E-state index is 0.0518. The molecule has 2 rings (SSSR count). The van der Waals surface area contributed by atoms with Gasteiger partial charge in [0.25, 0.3) is 0 Å². The van der Waals surface area contributed by atoms with Crippen molar-refractivity contribution < 1.29 is 9.47 Å². The molecule has 1 atom stereocenters. The van der Waals surface area contributed by atoms with Crippen LogP contribution in [0.3, 0.4) is 0 Å². The number of hydrogen-bond donors (Lipinski definition) is 0. The summed E-state index contributed by atoms with van der Waals surface area (Å²) in [6.45, 7) is 10.9. The van der Waals surface area contributed by atoms with E-state index >= 15 is 0 Å². The average Bonchev–Trinajstić information content (AvgIpc) is 2.85. The first kappa shape index (κ1) is 12.4. The van der Waals surface area contributed by atoms with Gasteiger partial charge in [0, 0.05) is 5.56 Å². The van der Waals surface area contributed by atoms with Crippen LogP contribution in [0.2, 0.25) is 0 Å². The van der Waals surface area contributed by atoms with Crippen LogP contribution in [0.5, 0.6) is 5.75 Å². The van der Waals surface area contributed by atoms with Gasteiger partial charge in [-0.1, -0.05) is 26.8 Å². The summed E-state index contributed by atoms with van der Waals surface area (Å²) in [5.74, 6) is 0.925. The molecule has 1 heterocycles. The number of ether oxygens (including phenoxy) is 2. The number of benzene rings is 1. The Bertz CT molecular complexity index is 427. The second-order valence-electron chi connectivity index (χ2n) is 6.31. The van der Waals surface area contributed by atoms with E-state index in [9.17, 15) is 0 Å². The second-order valence-corrected chi connectivity index (χ2v) is 6.31. The van der Waals surface area contributed by atoms with Crippen LogP contribution in [0.4, 0.5) is 0 Å². The van der Waals surface area contributed by atoms with Gasteiger partial charge in [0.15, 0.2) is 0 Å². The number of epoxide rings is 1. The molecule has 0 aromatic heterocycles. The van der Waals surface area contributed by atoms with Gasteiger partial charge >= 0.3 is 0 Å². The summed E-state index contributed by atoms with van der Waals surface area (Å²) in [5.41, 5.74) is 2.59. The Morgan fingerprint density at radius 1 is 1.24 bits per heavy atom. The molecule has 17 heavy (non-hydrogen) atoms. The van der Waals surface area contributed by atoms with Crippen molar-refractivity contribution in [2.45, 2.75) is 51.7 Å². The smallest absolute Gasteiger partial charge is 0.124 e. The molecule has 0 aliphatic carbocycles. The second kappa shape index (κ2) is 3.74. The van der Waals surface area contributed by atoms with Crippen LogP contribution in [0.25, 0.3) is 0 Å². The Hall–Kier alpha value is -1.02. The molecule has 0 N–H and O–H groups in total. The maximum atomic E-state index is 5.72. The van der Waals surface area contributed by atoms with Crippen LogP contribution in [0.15, 0.2) is 18.2 Å². The Morgan fingerprint density at radius 2 is 1.82 bits per heavy atom. The minimum Gasteiger partial charge on any atom is -0.496 e. The van der Waals surface area contributed by atoms with E-state index in [0.717, 1.165) is 5.75 Å². The van der Waals surface area contributed by atoms with Crippen molar-refractivity contribution in [3.63, 3.8) is 0 Å². The molecule has 94 valence electrons. The molecule has 0 bridgehead atoms. The molecule has 2 heteroatoms. The lowest BCUT2D eigenvalue weighted by molar-refractivity contribution is 0.322. The number of rotatable bonds is 2. The molecule has 0 amide bonds. The van der Waals surface area contributed by atoms with E-state index in [-0.39, 0.29) is 17.1 Å². The summed E-state index contributed by atoms with van der Waals surface area (Å²) >= 11 is 0. The van der Waals surface area contributed by atoms with Crippen molar-refractivity contribution in [1.29, 1.82) is 0 Å². The molecule has 1 fully saturated rings. The zero-order valence-corrected chi connectivity index (χ0v) is 11.6. The van der Waals surface area contributed by atoms with E-state index in [1.807, 2.05) is 6.07 Å². The average molecular weight is 234 g/mol. The Labute approximate surface area is 104 Å². The lowest BCUT2D eigenvalue weighted by Crippen LogP contribution is -2.12. The zero-order chi connectivity index (χ0) is 12.8. The van der Waals surface area contributed by atoms with E-state index < -0.39 is 0 Å². The summed E-state index contributed by atoms with van der Waals surface area (Å²) in [6.07, 6.45) is 0.166. The van der Waals surface area contributed by atoms with Gasteiger partial charge in [0.05, 0.1) is 12.7 Å². The van der Waals surface area contributed by atoms with E-state index in [1.54, 1.807) is 7.11 Å². The van der Waals surface area contributed by atoms with Crippen molar-refractivity contribution >= 4 is 0 Å². The van der Waals surface area contributed by atoms with Crippen molar-refractivity contribution in [2.24, 2.45) is 0 Å². The van der Waals surface area contributed by atoms with Gasteiger partial charge in [-0.2, -0.15) is 0 Å². The summed E-state index contributed by atoms with van der Waals surface area (Å²) in [5, 5.41) is 0. The maximum Gasteiger partial charge on any atom is 0.124 e. The van der Waals surface area contributed by atoms with Gasteiger partial charge in [-0.05, 0) is 37.0 Å². The van der Waals surface area contributed by atoms with E-state index in [2.05, 4.69) is 46.8 Å². The lowest BCUT2D eigenvalue weighted by atomic mass is 9.85. The van der Waals surface area contributed by atoms with Crippen molar-refractivity contribution in [3.05, 3.63) is 29.3 Å². The van der Waals surface area contributed by atoms with Crippen LogP contribution in [0.1, 0.15) is 51.8 Å². The SMILES string of the molecule is COc1ccc(C(C)(C)C)cc1C1OC1(C)C. The first-order chi connectivity index (χ1) is 7.75. The summed E-state index contributed by atoms with van der Waals surface area (Å²) in [4.78, 5) is 0. The first-order valence-corrected chi connectivity index (χ1v) is 6.12. The van der Waals surface area contributed by atoms with Crippen molar-refractivity contribution in [1.82, 2.24) is 0 Å². The molecular weight excluding hydrogens is 212 g/mol. The van der Waals surface area contributed by atoms with Crippen molar-refractivity contribution in [3.8, 4) is 5.75 Å². The van der Waals surface area contributed by atoms with Crippen LogP contribution < -0.4 is 4.74 Å². The first-order valence-electron chi connectivity index (χ1n) is 6.12. The molecule has 1 aromatic carbocycles. The van der Waals surface area contributed by atoms with Crippen LogP contribution in [-0.2, 0) is 10.2 Å². The highest BCUT2D eigenvalue weighted by molar-refractivity contribution is 5.43. The number of methoxy groups -OCH3 is 1. The Kier molecular flexibility index (Phi) is 2.74. The zero-order valence-electron chi connectivity index (χ0n) is 11.6. The van der Waals surface area contributed by atoms with E-state index in [4.69, 9.17) is 9.47 Å². The van der Waals surface area contributed by atoms with Crippen LogP contribution in [0, 0.1) is 0 Å². The summed E-state index contributed by atoms with van der Waals surface area (Å²) in [7, 11) is 1.71. The van der Waals surface area contributed by atoms with E-state index in [1.165, 1.54) is 11.1 Å². The fourth-order valence-electron chi connectivity index (χ4n) is 2.11. The summed E-state index contributed by atoms with van der Waals surface area (Å²) < 4.78 is 11.1. The molecule has 1 aliphatic rings. The third-order valence-electron chi connectivity index (χ3n) is 3.37. The lowest BCUT2D eigenvalue weighted by Gasteiger charge is -2.21. The fourth-order valence-corrected chi connectivity index (χ4v) is 2.11. The minimum atomic E-state index is -0.0518. The topological polar surface area (TPSA) is 21.8 Å². The van der Waals surface area contributed by atoms with Crippen molar-refractivity contribution in [2.75, 3.05) is 7.11 Å². The maximum absolute atomic E-state index is 5.72. The third-order valence-corrected chi connectivity index (χ3v) is 3.37. The highest BCUT2D eigenvalue weighted by atomic mass is 16.6. The van der Waals surface area contributed by atoms with Gasteiger partial charge in [-0.15, -0.1) is 0 Å². The number of hydrogen-bond acceptors (Lipinski definition) is 2.